The second-order valence-electron chi connectivity index (χ2n) is 4.79. The lowest BCUT2D eigenvalue weighted by molar-refractivity contribution is 0.432. The molecule has 1 aliphatic rings. The zero-order valence-corrected chi connectivity index (χ0v) is 11.3. The maximum Gasteiger partial charge on any atom is 0.129 e. The molecule has 1 aromatic heterocycles. The second kappa shape index (κ2) is 6.25. The molecule has 0 saturated carbocycles. The molecule has 1 aromatic rings. The number of rotatable bonds is 4. The molecule has 0 N–H and O–H groups in total. The van der Waals surface area contributed by atoms with Gasteiger partial charge in [-0.25, -0.2) is 4.98 Å². The third-order valence-electron chi connectivity index (χ3n) is 3.51. The fraction of sp³-hybridized carbons (Fsp3) is 0.643. The molecule has 1 aliphatic heterocycles. The van der Waals surface area contributed by atoms with E-state index in [9.17, 15) is 0 Å². The summed E-state index contributed by atoms with van der Waals surface area (Å²) in [6.45, 7) is 3.40. The molecule has 0 radical (unpaired) electrons. The van der Waals surface area contributed by atoms with Gasteiger partial charge in [0.2, 0.25) is 0 Å². The molecule has 17 heavy (non-hydrogen) atoms. The van der Waals surface area contributed by atoms with Gasteiger partial charge in [0.25, 0.3) is 0 Å². The normalized spacial score (nSPS) is 20.6. The van der Waals surface area contributed by atoms with Crippen molar-refractivity contribution in [3.8, 4) is 0 Å². The molecule has 94 valence electrons. The molecule has 1 saturated heterocycles. The van der Waals surface area contributed by atoms with E-state index < -0.39 is 0 Å². The summed E-state index contributed by atoms with van der Waals surface area (Å²) in [6, 6.07) is 4.81. The summed E-state index contributed by atoms with van der Waals surface area (Å²) < 4.78 is 0. The van der Waals surface area contributed by atoms with Crippen LogP contribution in [0.1, 0.15) is 44.6 Å². The van der Waals surface area contributed by atoms with Gasteiger partial charge in [-0.1, -0.05) is 13.3 Å². The van der Waals surface area contributed by atoms with Crippen LogP contribution in [0.5, 0.6) is 0 Å². The number of aromatic nitrogens is 1. The Morgan fingerprint density at radius 2 is 2.35 bits per heavy atom. The molecule has 3 heteroatoms. The molecule has 1 atom stereocenters. The first-order valence-corrected chi connectivity index (χ1v) is 7.16. The van der Waals surface area contributed by atoms with E-state index in [4.69, 9.17) is 11.6 Å². The largest absolute Gasteiger partial charge is 0.354 e. The van der Waals surface area contributed by atoms with Crippen LogP contribution in [0.15, 0.2) is 18.3 Å². The molecule has 2 heterocycles. The Morgan fingerprint density at radius 1 is 1.47 bits per heavy atom. The highest BCUT2D eigenvalue weighted by Gasteiger charge is 2.22. The number of hydrogen-bond acceptors (Lipinski definition) is 2. The van der Waals surface area contributed by atoms with Crippen LogP contribution in [0.3, 0.4) is 0 Å². The Hall–Kier alpha value is -0.760. The molecule has 2 rings (SSSR count). The highest BCUT2D eigenvalue weighted by Crippen LogP contribution is 2.26. The zero-order valence-electron chi connectivity index (χ0n) is 10.5. The lowest BCUT2D eigenvalue weighted by Gasteiger charge is -2.36. The molecule has 0 amide bonds. The summed E-state index contributed by atoms with van der Waals surface area (Å²) >= 11 is 5.89. The van der Waals surface area contributed by atoms with E-state index in [1.54, 1.807) is 0 Å². The SMILES string of the molecule is CCCC1CCCCN1c1cc(CCl)ccn1. The van der Waals surface area contributed by atoms with Crippen molar-refractivity contribution in [2.45, 2.75) is 50.9 Å². The van der Waals surface area contributed by atoms with Crippen molar-refractivity contribution in [3.63, 3.8) is 0 Å². The van der Waals surface area contributed by atoms with Gasteiger partial charge in [0.1, 0.15) is 5.82 Å². The summed E-state index contributed by atoms with van der Waals surface area (Å²) in [5.74, 6) is 1.68. The molecule has 0 bridgehead atoms. The van der Waals surface area contributed by atoms with Crippen molar-refractivity contribution >= 4 is 17.4 Å². The first-order valence-electron chi connectivity index (χ1n) is 6.62. The maximum absolute atomic E-state index is 5.89. The lowest BCUT2D eigenvalue weighted by atomic mass is 9.98. The number of piperidine rings is 1. The second-order valence-corrected chi connectivity index (χ2v) is 5.05. The molecule has 0 spiro atoms. The minimum absolute atomic E-state index is 0.571. The summed E-state index contributed by atoms with van der Waals surface area (Å²) in [4.78, 5) is 6.99. The van der Waals surface area contributed by atoms with Gasteiger partial charge in [-0.15, -0.1) is 11.6 Å². The predicted octanol–water partition coefficient (Wildman–Crippen LogP) is 3.98. The fourth-order valence-corrected chi connectivity index (χ4v) is 2.80. The van der Waals surface area contributed by atoms with E-state index in [2.05, 4.69) is 22.9 Å². The van der Waals surface area contributed by atoms with Crippen LogP contribution in [0.2, 0.25) is 0 Å². The first-order chi connectivity index (χ1) is 8.35. The van der Waals surface area contributed by atoms with Crippen LogP contribution >= 0.6 is 11.6 Å². The van der Waals surface area contributed by atoms with Gasteiger partial charge in [0.15, 0.2) is 0 Å². The number of nitrogens with zero attached hydrogens (tertiary/aromatic N) is 2. The summed E-state index contributed by atoms with van der Waals surface area (Å²) in [5, 5.41) is 0. The number of anilines is 1. The van der Waals surface area contributed by atoms with Crippen LogP contribution in [-0.2, 0) is 5.88 Å². The van der Waals surface area contributed by atoms with Gasteiger partial charge in [-0.3, -0.25) is 0 Å². The molecular formula is C14H21ClN2. The number of hydrogen-bond donors (Lipinski definition) is 0. The fourth-order valence-electron chi connectivity index (χ4n) is 2.64. The van der Waals surface area contributed by atoms with Crippen LogP contribution in [0.25, 0.3) is 0 Å². The van der Waals surface area contributed by atoms with Crippen molar-refractivity contribution in [2.24, 2.45) is 0 Å². The number of alkyl halides is 1. The smallest absolute Gasteiger partial charge is 0.129 e. The Balaban J connectivity index is 2.16. The maximum atomic E-state index is 5.89. The van der Waals surface area contributed by atoms with E-state index in [1.807, 2.05) is 12.3 Å². The van der Waals surface area contributed by atoms with E-state index in [0.29, 0.717) is 11.9 Å². The lowest BCUT2D eigenvalue weighted by Crippen LogP contribution is -2.40. The number of pyridine rings is 1. The van der Waals surface area contributed by atoms with Gasteiger partial charge < -0.3 is 4.90 Å². The molecule has 2 nitrogen and oxygen atoms in total. The van der Waals surface area contributed by atoms with Gasteiger partial charge in [0, 0.05) is 24.7 Å². The summed E-state index contributed by atoms with van der Waals surface area (Å²) in [7, 11) is 0. The van der Waals surface area contributed by atoms with E-state index in [-0.39, 0.29) is 0 Å². The Kier molecular flexibility index (Phi) is 4.66. The van der Waals surface area contributed by atoms with Crippen LogP contribution in [-0.4, -0.2) is 17.6 Å². The summed E-state index contributed by atoms with van der Waals surface area (Å²) in [5.41, 5.74) is 1.16. The monoisotopic (exact) mass is 252 g/mol. The van der Waals surface area contributed by atoms with Gasteiger partial charge >= 0.3 is 0 Å². The highest BCUT2D eigenvalue weighted by molar-refractivity contribution is 6.17. The van der Waals surface area contributed by atoms with Crippen molar-refractivity contribution < 1.29 is 0 Å². The van der Waals surface area contributed by atoms with Crippen molar-refractivity contribution in [1.82, 2.24) is 4.98 Å². The van der Waals surface area contributed by atoms with E-state index in [0.717, 1.165) is 17.9 Å². The topological polar surface area (TPSA) is 16.1 Å². The molecule has 0 aromatic carbocycles. The molecular weight excluding hydrogens is 232 g/mol. The van der Waals surface area contributed by atoms with Crippen molar-refractivity contribution in [1.29, 1.82) is 0 Å². The third kappa shape index (κ3) is 3.12. The Bertz CT molecular complexity index is 352. The standard InChI is InChI=1S/C14H21ClN2/c1-2-5-13-6-3-4-9-17(13)14-10-12(11-15)7-8-16-14/h7-8,10,13H,2-6,9,11H2,1H3. The molecule has 1 unspecified atom stereocenters. The van der Waals surface area contributed by atoms with Crippen molar-refractivity contribution in [2.75, 3.05) is 11.4 Å². The average molecular weight is 253 g/mol. The first kappa shape index (κ1) is 12.7. The highest BCUT2D eigenvalue weighted by atomic mass is 35.5. The zero-order chi connectivity index (χ0) is 12.1. The molecule has 0 aliphatic carbocycles. The summed E-state index contributed by atoms with van der Waals surface area (Å²) in [6.07, 6.45) is 8.35. The minimum Gasteiger partial charge on any atom is -0.354 e. The number of halogens is 1. The van der Waals surface area contributed by atoms with E-state index in [1.165, 1.54) is 32.1 Å². The third-order valence-corrected chi connectivity index (χ3v) is 3.82. The van der Waals surface area contributed by atoms with Gasteiger partial charge in [-0.2, -0.15) is 0 Å². The Labute approximate surface area is 109 Å². The Morgan fingerprint density at radius 3 is 3.12 bits per heavy atom. The predicted molar refractivity (Wildman–Crippen MR) is 73.7 cm³/mol. The average Bonchev–Trinajstić information content (AvgIpc) is 2.40. The quantitative estimate of drug-likeness (QED) is 0.754. The minimum atomic E-state index is 0.571. The van der Waals surface area contributed by atoms with Crippen LogP contribution in [0.4, 0.5) is 5.82 Å². The van der Waals surface area contributed by atoms with Crippen LogP contribution < -0.4 is 4.90 Å². The van der Waals surface area contributed by atoms with Crippen LogP contribution in [0, 0.1) is 0 Å². The molecule has 1 fully saturated rings. The van der Waals surface area contributed by atoms with Gasteiger partial charge in [0.05, 0.1) is 0 Å². The van der Waals surface area contributed by atoms with E-state index >= 15 is 0 Å². The van der Waals surface area contributed by atoms with Crippen molar-refractivity contribution in [3.05, 3.63) is 23.9 Å². The van der Waals surface area contributed by atoms with Gasteiger partial charge in [-0.05, 0) is 43.4 Å².